The van der Waals surface area contributed by atoms with E-state index in [1.807, 2.05) is 0 Å². The first-order valence-corrected chi connectivity index (χ1v) is 4.64. The summed E-state index contributed by atoms with van der Waals surface area (Å²) in [6, 6.07) is 4.84. The standard InChI is InChI=1S/C8H7N3O2S/c1-13-8-4-6(14-11-8)5-2-3-7(12)10-9-5/h2-4H,1H3,(H,10,12). The highest BCUT2D eigenvalue weighted by atomic mass is 32.1. The summed E-state index contributed by atoms with van der Waals surface area (Å²) in [4.78, 5) is 11.6. The number of aromatic amines is 1. The molecule has 0 spiro atoms. The number of hydrogen-bond acceptors (Lipinski definition) is 5. The molecule has 0 saturated carbocycles. The molecule has 2 aromatic rings. The molecule has 0 atom stereocenters. The first kappa shape index (κ1) is 8.89. The van der Waals surface area contributed by atoms with Gasteiger partial charge >= 0.3 is 0 Å². The lowest BCUT2D eigenvalue weighted by molar-refractivity contribution is 0.403. The second-order valence-corrected chi connectivity index (χ2v) is 3.34. The Balaban J connectivity index is 2.39. The molecule has 0 saturated heterocycles. The van der Waals surface area contributed by atoms with Crippen LogP contribution in [0.3, 0.4) is 0 Å². The lowest BCUT2D eigenvalue weighted by Gasteiger charge is -1.91. The minimum absolute atomic E-state index is 0.217. The minimum Gasteiger partial charge on any atom is -0.480 e. The number of hydrogen-bond donors (Lipinski definition) is 1. The number of nitrogens with one attached hydrogen (secondary N) is 1. The van der Waals surface area contributed by atoms with E-state index in [1.54, 1.807) is 19.2 Å². The molecule has 0 aromatic carbocycles. The Kier molecular flexibility index (Phi) is 2.28. The van der Waals surface area contributed by atoms with E-state index in [1.165, 1.54) is 17.6 Å². The fourth-order valence-corrected chi connectivity index (χ4v) is 1.63. The molecule has 0 fully saturated rings. The Morgan fingerprint density at radius 2 is 2.36 bits per heavy atom. The molecule has 0 radical (unpaired) electrons. The van der Waals surface area contributed by atoms with Crippen molar-refractivity contribution in [2.75, 3.05) is 7.11 Å². The molecule has 0 amide bonds. The van der Waals surface area contributed by atoms with Gasteiger partial charge in [0, 0.05) is 12.1 Å². The maximum atomic E-state index is 10.8. The number of aromatic nitrogens is 3. The molecular formula is C8H7N3O2S. The molecule has 6 heteroatoms. The molecule has 5 nitrogen and oxygen atoms in total. The third kappa shape index (κ3) is 1.64. The van der Waals surface area contributed by atoms with Gasteiger partial charge in [0.15, 0.2) is 0 Å². The topological polar surface area (TPSA) is 67.9 Å². The third-order valence-electron chi connectivity index (χ3n) is 1.63. The average molecular weight is 209 g/mol. The van der Waals surface area contributed by atoms with Crippen LogP contribution in [0.25, 0.3) is 10.6 Å². The molecule has 0 aliphatic heterocycles. The van der Waals surface area contributed by atoms with Gasteiger partial charge in [-0.15, -0.1) is 0 Å². The Morgan fingerprint density at radius 1 is 1.50 bits per heavy atom. The number of nitrogens with zero attached hydrogens (tertiary/aromatic N) is 2. The van der Waals surface area contributed by atoms with Crippen LogP contribution in [0.4, 0.5) is 0 Å². The van der Waals surface area contributed by atoms with Gasteiger partial charge in [0.1, 0.15) is 5.69 Å². The summed E-state index contributed by atoms with van der Waals surface area (Å²) in [5.74, 6) is 0.554. The number of methoxy groups -OCH3 is 1. The van der Waals surface area contributed by atoms with Crippen molar-refractivity contribution in [2.24, 2.45) is 0 Å². The summed E-state index contributed by atoms with van der Waals surface area (Å²) >= 11 is 1.27. The van der Waals surface area contributed by atoms with Crippen LogP contribution in [-0.4, -0.2) is 21.7 Å². The van der Waals surface area contributed by atoms with Crippen molar-refractivity contribution in [1.82, 2.24) is 14.6 Å². The SMILES string of the molecule is COc1cc(-c2ccc(=O)[nH]n2)sn1. The average Bonchev–Trinajstić information content (AvgIpc) is 2.67. The normalized spacial score (nSPS) is 10.1. The molecule has 2 rings (SSSR count). The van der Waals surface area contributed by atoms with Crippen molar-refractivity contribution in [2.45, 2.75) is 0 Å². The van der Waals surface area contributed by atoms with Crippen LogP contribution in [0.2, 0.25) is 0 Å². The van der Waals surface area contributed by atoms with Gasteiger partial charge in [-0.2, -0.15) is 9.47 Å². The molecule has 2 aromatic heterocycles. The molecule has 0 aliphatic rings. The summed E-state index contributed by atoms with van der Waals surface area (Å²) in [7, 11) is 1.55. The Bertz CT molecular complexity index is 471. The fourth-order valence-electron chi connectivity index (χ4n) is 0.958. The van der Waals surface area contributed by atoms with Crippen LogP contribution in [0.5, 0.6) is 5.88 Å². The molecule has 0 unspecified atom stereocenters. The van der Waals surface area contributed by atoms with E-state index in [4.69, 9.17) is 4.74 Å². The van der Waals surface area contributed by atoms with E-state index in [0.717, 1.165) is 4.88 Å². The van der Waals surface area contributed by atoms with Gasteiger partial charge in [-0.05, 0) is 17.6 Å². The Labute approximate surface area is 83.5 Å². The van der Waals surface area contributed by atoms with Crippen molar-refractivity contribution >= 4 is 11.5 Å². The fraction of sp³-hybridized carbons (Fsp3) is 0.125. The zero-order valence-corrected chi connectivity index (χ0v) is 8.17. The van der Waals surface area contributed by atoms with E-state index < -0.39 is 0 Å². The highest BCUT2D eigenvalue weighted by molar-refractivity contribution is 7.09. The summed E-state index contributed by atoms with van der Waals surface area (Å²) < 4.78 is 8.96. The van der Waals surface area contributed by atoms with E-state index in [0.29, 0.717) is 11.6 Å². The lowest BCUT2D eigenvalue weighted by Crippen LogP contribution is -2.05. The van der Waals surface area contributed by atoms with Crippen molar-refractivity contribution in [1.29, 1.82) is 0 Å². The van der Waals surface area contributed by atoms with Crippen LogP contribution in [0.15, 0.2) is 23.0 Å². The van der Waals surface area contributed by atoms with Crippen LogP contribution in [0.1, 0.15) is 0 Å². The first-order chi connectivity index (χ1) is 6.79. The number of ether oxygens (including phenoxy) is 1. The number of rotatable bonds is 2. The van der Waals surface area contributed by atoms with Gasteiger partial charge in [0.2, 0.25) is 5.88 Å². The maximum absolute atomic E-state index is 10.8. The monoisotopic (exact) mass is 209 g/mol. The quantitative estimate of drug-likeness (QED) is 0.798. The molecule has 72 valence electrons. The predicted octanol–water partition coefficient (Wildman–Crippen LogP) is 0.902. The van der Waals surface area contributed by atoms with Crippen LogP contribution < -0.4 is 10.3 Å². The summed E-state index contributed by atoms with van der Waals surface area (Å²) in [5, 5.41) is 6.23. The smallest absolute Gasteiger partial charge is 0.264 e. The van der Waals surface area contributed by atoms with E-state index in [-0.39, 0.29) is 5.56 Å². The van der Waals surface area contributed by atoms with Crippen LogP contribution >= 0.6 is 11.5 Å². The first-order valence-electron chi connectivity index (χ1n) is 3.86. The predicted molar refractivity (Wildman–Crippen MR) is 52.5 cm³/mol. The Morgan fingerprint density at radius 3 is 2.93 bits per heavy atom. The van der Waals surface area contributed by atoms with Gasteiger partial charge < -0.3 is 4.74 Å². The molecule has 2 heterocycles. The van der Waals surface area contributed by atoms with E-state index in [2.05, 4.69) is 14.6 Å². The highest BCUT2D eigenvalue weighted by Gasteiger charge is 2.05. The van der Waals surface area contributed by atoms with Gasteiger partial charge in [-0.3, -0.25) is 4.79 Å². The minimum atomic E-state index is -0.217. The zero-order chi connectivity index (χ0) is 9.97. The Hall–Kier alpha value is -1.69. The number of H-pyrrole nitrogens is 1. The summed E-state index contributed by atoms with van der Waals surface area (Å²) in [6.45, 7) is 0. The van der Waals surface area contributed by atoms with E-state index in [9.17, 15) is 4.79 Å². The lowest BCUT2D eigenvalue weighted by atomic mass is 10.3. The van der Waals surface area contributed by atoms with Crippen LogP contribution in [-0.2, 0) is 0 Å². The zero-order valence-electron chi connectivity index (χ0n) is 7.35. The van der Waals surface area contributed by atoms with Crippen LogP contribution in [0, 0.1) is 0 Å². The highest BCUT2D eigenvalue weighted by Crippen LogP contribution is 2.24. The third-order valence-corrected chi connectivity index (χ3v) is 2.42. The van der Waals surface area contributed by atoms with Gasteiger partial charge in [-0.25, -0.2) is 5.10 Å². The second-order valence-electron chi connectivity index (χ2n) is 2.54. The van der Waals surface area contributed by atoms with Gasteiger partial charge in [0.05, 0.1) is 12.0 Å². The van der Waals surface area contributed by atoms with Crippen molar-refractivity contribution < 1.29 is 4.74 Å². The van der Waals surface area contributed by atoms with Crippen molar-refractivity contribution in [3.05, 3.63) is 28.6 Å². The molecular weight excluding hydrogens is 202 g/mol. The van der Waals surface area contributed by atoms with Gasteiger partial charge in [-0.1, -0.05) is 0 Å². The van der Waals surface area contributed by atoms with E-state index >= 15 is 0 Å². The van der Waals surface area contributed by atoms with Crippen molar-refractivity contribution in [3.8, 4) is 16.5 Å². The maximum Gasteiger partial charge on any atom is 0.264 e. The molecule has 0 bridgehead atoms. The van der Waals surface area contributed by atoms with Gasteiger partial charge in [0.25, 0.3) is 5.56 Å². The second kappa shape index (κ2) is 3.59. The molecule has 1 N–H and O–H groups in total. The molecule has 14 heavy (non-hydrogen) atoms. The molecule has 0 aliphatic carbocycles. The summed E-state index contributed by atoms with van der Waals surface area (Å²) in [6.07, 6.45) is 0. The summed E-state index contributed by atoms with van der Waals surface area (Å²) in [5.41, 5.74) is 0.468. The largest absolute Gasteiger partial charge is 0.480 e. The van der Waals surface area contributed by atoms with Crippen molar-refractivity contribution in [3.63, 3.8) is 0 Å².